The van der Waals surface area contributed by atoms with Crippen molar-refractivity contribution in [2.45, 2.75) is 47.0 Å². The summed E-state index contributed by atoms with van der Waals surface area (Å²) in [5, 5.41) is 0. The zero-order valence-corrected chi connectivity index (χ0v) is 17.3. The third kappa shape index (κ3) is 3.83. The minimum Gasteiger partial charge on any atom is -0.0842 e. The highest BCUT2D eigenvalue weighted by molar-refractivity contribution is 9.09. The van der Waals surface area contributed by atoms with Gasteiger partial charge in [-0.25, -0.2) is 0 Å². The minimum absolute atomic E-state index is 0.341. The van der Waals surface area contributed by atoms with Crippen molar-refractivity contribution in [2.24, 2.45) is 0 Å². The molecule has 0 aromatic heterocycles. The number of rotatable bonds is 4. The van der Waals surface area contributed by atoms with Crippen molar-refractivity contribution in [3.63, 3.8) is 0 Å². The second kappa shape index (κ2) is 7.24. The van der Waals surface area contributed by atoms with Crippen LogP contribution in [0, 0.1) is 0 Å². The SMILES string of the molecule is CC(Br)c1ccc(C(C)Br)c(C(C)Br)c1C(C)Br. The predicted octanol–water partition coefficient (Wildman–Crippen LogP) is 7.51. The fourth-order valence-corrected chi connectivity index (χ4v) is 4.07. The minimum atomic E-state index is 0.341. The summed E-state index contributed by atoms with van der Waals surface area (Å²) in [5.41, 5.74) is 5.51. The third-order valence-corrected chi connectivity index (χ3v) is 4.91. The van der Waals surface area contributed by atoms with Crippen LogP contribution in [-0.2, 0) is 0 Å². The number of alkyl halides is 4. The van der Waals surface area contributed by atoms with Crippen molar-refractivity contribution in [3.05, 3.63) is 34.4 Å². The van der Waals surface area contributed by atoms with Crippen LogP contribution in [0.4, 0.5) is 0 Å². The molecule has 0 radical (unpaired) electrons. The Morgan fingerprint density at radius 3 is 1.06 bits per heavy atom. The van der Waals surface area contributed by atoms with Gasteiger partial charge in [0.1, 0.15) is 0 Å². The highest BCUT2D eigenvalue weighted by Crippen LogP contribution is 2.44. The number of halogens is 4. The summed E-state index contributed by atoms with van der Waals surface area (Å²) in [6.07, 6.45) is 0. The zero-order valence-electron chi connectivity index (χ0n) is 11.0. The second-order valence-corrected chi connectivity index (χ2v) is 10.0. The molecule has 18 heavy (non-hydrogen) atoms. The maximum absolute atomic E-state index is 3.75. The molecule has 0 spiro atoms. The van der Waals surface area contributed by atoms with E-state index in [0.717, 1.165) is 0 Å². The summed E-state index contributed by atoms with van der Waals surface area (Å²) in [4.78, 5) is 1.40. The van der Waals surface area contributed by atoms with Gasteiger partial charge in [0, 0.05) is 19.3 Å². The Bertz CT molecular complexity index is 370. The highest BCUT2D eigenvalue weighted by Gasteiger charge is 2.23. The van der Waals surface area contributed by atoms with Crippen LogP contribution in [0.2, 0.25) is 0 Å². The van der Waals surface area contributed by atoms with Crippen molar-refractivity contribution in [1.29, 1.82) is 0 Å². The van der Waals surface area contributed by atoms with E-state index in [2.05, 4.69) is 104 Å². The molecule has 0 fully saturated rings. The smallest absolute Gasteiger partial charge is 0.0373 e. The standard InChI is InChI=1S/C14H18Br4/c1-7(15)11-5-6-12(8(2)16)14(10(4)18)13(11)9(3)17/h5-10H,1-4H3. The summed E-state index contributed by atoms with van der Waals surface area (Å²) in [6.45, 7) is 8.73. The van der Waals surface area contributed by atoms with Crippen LogP contribution in [0.3, 0.4) is 0 Å². The molecule has 1 rings (SSSR count). The van der Waals surface area contributed by atoms with E-state index in [1.54, 1.807) is 0 Å². The number of hydrogen-bond acceptors (Lipinski definition) is 0. The Hall–Kier alpha value is 1.14. The summed E-state index contributed by atoms with van der Waals surface area (Å²) in [7, 11) is 0. The molecule has 0 N–H and O–H groups in total. The quantitative estimate of drug-likeness (QED) is 0.371. The van der Waals surface area contributed by atoms with E-state index in [4.69, 9.17) is 0 Å². The molecule has 0 heterocycles. The molecule has 102 valence electrons. The first-order valence-corrected chi connectivity index (χ1v) is 9.66. The maximum Gasteiger partial charge on any atom is 0.0373 e. The normalized spacial score (nSPS) is 18.2. The second-order valence-electron chi connectivity index (χ2n) is 4.54. The Balaban J connectivity index is 3.60. The Morgan fingerprint density at radius 2 is 0.889 bits per heavy atom. The van der Waals surface area contributed by atoms with E-state index in [1.807, 2.05) is 0 Å². The first kappa shape index (κ1) is 17.2. The van der Waals surface area contributed by atoms with Crippen molar-refractivity contribution in [1.82, 2.24) is 0 Å². The lowest BCUT2D eigenvalue weighted by molar-refractivity contribution is 0.931. The van der Waals surface area contributed by atoms with Crippen LogP contribution < -0.4 is 0 Å². The maximum atomic E-state index is 3.75. The molecule has 0 saturated heterocycles. The molecule has 0 amide bonds. The van der Waals surface area contributed by atoms with Crippen LogP contribution in [0.5, 0.6) is 0 Å². The molecular formula is C14H18Br4. The topological polar surface area (TPSA) is 0 Å². The van der Waals surface area contributed by atoms with E-state index in [0.29, 0.717) is 19.3 Å². The largest absolute Gasteiger partial charge is 0.0842 e. The van der Waals surface area contributed by atoms with Gasteiger partial charge in [-0.15, -0.1) is 0 Å². The van der Waals surface area contributed by atoms with Gasteiger partial charge < -0.3 is 0 Å². The molecule has 4 heteroatoms. The van der Waals surface area contributed by atoms with Gasteiger partial charge in [0.15, 0.2) is 0 Å². The van der Waals surface area contributed by atoms with E-state index in [1.165, 1.54) is 22.3 Å². The predicted molar refractivity (Wildman–Crippen MR) is 95.8 cm³/mol. The first-order valence-electron chi connectivity index (χ1n) is 6.00. The Kier molecular flexibility index (Phi) is 6.91. The number of benzene rings is 1. The fourth-order valence-electron chi connectivity index (χ4n) is 2.25. The molecule has 1 aromatic carbocycles. The van der Waals surface area contributed by atoms with Crippen molar-refractivity contribution in [3.8, 4) is 0 Å². The van der Waals surface area contributed by atoms with Gasteiger partial charge in [0.25, 0.3) is 0 Å². The molecule has 0 aliphatic carbocycles. The summed E-state index contributed by atoms with van der Waals surface area (Å²) in [5.74, 6) is 0. The molecular weight excluding hydrogens is 488 g/mol. The van der Waals surface area contributed by atoms with Crippen molar-refractivity contribution < 1.29 is 0 Å². The third-order valence-electron chi connectivity index (χ3n) is 3.01. The number of hydrogen-bond donors (Lipinski definition) is 0. The van der Waals surface area contributed by atoms with Crippen LogP contribution in [-0.4, -0.2) is 0 Å². The molecule has 0 aliphatic heterocycles. The summed E-state index contributed by atoms with van der Waals surface area (Å²) >= 11 is 14.9. The highest BCUT2D eigenvalue weighted by atomic mass is 79.9. The molecule has 0 aliphatic rings. The zero-order chi connectivity index (χ0) is 14.0. The molecule has 0 bridgehead atoms. The van der Waals surface area contributed by atoms with Crippen molar-refractivity contribution >= 4 is 63.7 Å². The van der Waals surface area contributed by atoms with E-state index in [-0.39, 0.29) is 0 Å². The fraction of sp³-hybridized carbons (Fsp3) is 0.571. The summed E-state index contributed by atoms with van der Waals surface area (Å²) in [6, 6.07) is 4.47. The van der Waals surface area contributed by atoms with Crippen LogP contribution in [0.25, 0.3) is 0 Å². The first-order chi connectivity index (χ1) is 8.27. The summed E-state index contributed by atoms with van der Waals surface area (Å²) < 4.78 is 0. The van der Waals surface area contributed by atoms with E-state index in [9.17, 15) is 0 Å². The van der Waals surface area contributed by atoms with Gasteiger partial charge in [-0.1, -0.05) is 75.9 Å². The average molecular weight is 506 g/mol. The van der Waals surface area contributed by atoms with Crippen molar-refractivity contribution in [2.75, 3.05) is 0 Å². The lowest BCUT2D eigenvalue weighted by Gasteiger charge is -2.24. The van der Waals surface area contributed by atoms with Gasteiger partial charge in [0.05, 0.1) is 0 Å². The molecule has 0 nitrogen and oxygen atoms in total. The Labute approximate surface area is 144 Å². The molecule has 4 atom stereocenters. The molecule has 0 saturated carbocycles. The molecule has 4 unspecified atom stereocenters. The monoisotopic (exact) mass is 502 g/mol. The Morgan fingerprint density at radius 1 is 0.611 bits per heavy atom. The van der Waals surface area contributed by atoms with Gasteiger partial charge in [-0.3, -0.25) is 0 Å². The van der Waals surface area contributed by atoms with Crippen LogP contribution in [0.1, 0.15) is 69.3 Å². The van der Waals surface area contributed by atoms with Crippen LogP contribution >= 0.6 is 63.7 Å². The lowest BCUT2D eigenvalue weighted by atomic mass is 9.90. The molecule has 1 aromatic rings. The van der Waals surface area contributed by atoms with Gasteiger partial charge in [0.2, 0.25) is 0 Å². The van der Waals surface area contributed by atoms with Gasteiger partial charge >= 0.3 is 0 Å². The van der Waals surface area contributed by atoms with Crippen LogP contribution in [0.15, 0.2) is 12.1 Å². The average Bonchev–Trinajstić information content (AvgIpc) is 2.26. The van der Waals surface area contributed by atoms with E-state index < -0.39 is 0 Å². The van der Waals surface area contributed by atoms with Gasteiger partial charge in [-0.2, -0.15) is 0 Å². The van der Waals surface area contributed by atoms with Gasteiger partial charge in [-0.05, 0) is 49.9 Å². The lowest BCUT2D eigenvalue weighted by Crippen LogP contribution is -2.06. The van der Waals surface area contributed by atoms with E-state index >= 15 is 0 Å².